The zero-order valence-corrected chi connectivity index (χ0v) is 19.6. The molecule has 0 saturated carbocycles. The first-order valence-electron chi connectivity index (χ1n) is 11.2. The summed E-state index contributed by atoms with van der Waals surface area (Å²) in [5.74, 6) is 0. The first-order valence-corrected chi connectivity index (χ1v) is 11.2. The molecule has 2 aliphatic rings. The Kier molecular flexibility index (Phi) is 5.13. The summed E-state index contributed by atoms with van der Waals surface area (Å²) >= 11 is 0. The van der Waals surface area contributed by atoms with Gasteiger partial charge in [0.15, 0.2) is 0 Å². The SMILES string of the molecule is CN1/C(=C/C=C/C=C2c3cc([N+](=O)[O-])ccc3-c3ccc([N+](=O)[O-])cc32)C(C)(C)c2ccccc21. The maximum Gasteiger partial charge on any atom is 0.270 e. The van der Waals surface area contributed by atoms with Crippen LogP contribution in [-0.2, 0) is 5.41 Å². The molecule has 0 amide bonds. The van der Waals surface area contributed by atoms with Crippen molar-refractivity contribution in [3.8, 4) is 11.1 Å². The summed E-state index contributed by atoms with van der Waals surface area (Å²) in [5.41, 5.74) is 7.15. The zero-order chi connectivity index (χ0) is 24.9. The van der Waals surface area contributed by atoms with E-state index in [1.807, 2.05) is 37.4 Å². The molecule has 3 aromatic carbocycles. The van der Waals surface area contributed by atoms with E-state index in [2.05, 4.69) is 37.0 Å². The largest absolute Gasteiger partial charge is 0.347 e. The van der Waals surface area contributed by atoms with E-state index < -0.39 is 9.85 Å². The van der Waals surface area contributed by atoms with Crippen LogP contribution in [0, 0.1) is 20.2 Å². The third-order valence-corrected chi connectivity index (χ3v) is 6.87. The summed E-state index contributed by atoms with van der Waals surface area (Å²) < 4.78 is 0. The number of fused-ring (bicyclic) bond motifs is 4. The van der Waals surface area contributed by atoms with Gasteiger partial charge in [-0.2, -0.15) is 0 Å². The maximum atomic E-state index is 11.4. The number of hydrogen-bond donors (Lipinski definition) is 0. The van der Waals surface area contributed by atoms with E-state index in [4.69, 9.17) is 0 Å². The molecule has 0 aromatic heterocycles. The third kappa shape index (κ3) is 3.52. The quantitative estimate of drug-likeness (QED) is 0.245. The highest BCUT2D eigenvalue weighted by Gasteiger charge is 2.37. The fourth-order valence-electron chi connectivity index (χ4n) is 5.13. The van der Waals surface area contributed by atoms with Crippen molar-refractivity contribution in [1.82, 2.24) is 0 Å². The molecule has 0 saturated heterocycles. The number of likely N-dealkylation sites (N-methyl/N-ethyl adjacent to an activating group) is 1. The Morgan fingerprint density at radius 3 is 1.86 bits per heavy atom. The van der Waals surface area contributed by atoms with Crippen molar-refractivity contribution >= 4 is 22.6 Å². The van der Waals surface area contributed by atoms with E-state index in [1.165, 1.54) is 35.5 Å². The average Bonchev–Trinajstić information content (AvgIpc) is 3.25. The van der Waals surface area contributed by atoms with Crippen LogP contribution in [-0.4, -0.2) is 16.9 Å². The second-order valence-corrected chi connectivity index (χ2v) is 9.19. The van der Waals surface area contributed by atoms with Crippen molar-refractivity contribution in [3.63, 3.8) is 0 Å². The predicted molar refractivity (Wildman–Crippen MR) is 137 cm³/mol. The van der Waals surface area contributed by atoms with Crippen LogP contribution >= 0.6 is 0 Å². The molecule has 1 heterocycles. The molecule has 0 radical (unpaired) electrons. The van der Waals surface area contributed by atoms with Crippen LogP contribution < -0.4 is 4.90 Å². The standard InChI is InChI=1S/C28H23N3O4/c1-28(2)25-9-5-6-10-26(25)29(3)27(28)11-7-4-8-20-23-16-18(30(32)33)12-14-21(23)22-15-13-19(31(34)35)17-24(20)22/h4-17H,1-3H3/b7-4+,27-11+. The first kappa shape index (κ1) is 22.3. The summed E-state index contributed by atoms with van der Waals surface area (Å²) in [6, 6.07) is 17.7. The third-order valence-electron chi connectivity index (χ3n) is 6.87. The molecule has 0 unspecified atom stereocenters. The number of non-ortho nitro benzene ring substituents is 2. The van der Waals surface area contributed by atoms with Gasteiger partial charge in [0, 0.05) is 48.1 Å². The van der Waals surface area contributed by atoms with E-state index >= 15 is 0 Å². The van der Waals surface area contributed by atoms with Gasteiger partial charge in [-0.25, -0.2) is 0 Å². The molecule has 0 fully saturated rings. The number of anilines is 1. The normalized spacial score (nSPS) is 16.4. The van der Waals surface area contributed by atoms with Crippen LogP contribution in [0.5, 0.6) is 0 Å². The Bertz CT molecular complexity index is 1430. The molecule has 1 aliphatic carbocycles. The van der Waals surface area contributed by atoms with Gasteiger partial charge in [-0.05, 0) is 57.7 Å². The number of hydrogen-bond acceptors (Lipinski definition) is 5. The van der Waals surface area contributed by atoms with Crippen molar-refractivity contribution in [1.29, 1.82) is 0 Å². The van der Waals surface area contributed by atoms with E-state index in [-0.39, 0.29) is 16.8 Å². The van der Waals surface area contributed by atoms with Crippen LogP contribution in [0.3, 0.4) is 0 Å². The smallest absolute Gasteiger partial charge is 0.270 e. The zero-order valence-electron chi connectivity index (χ0n) is 19.6. The molecule has 3 aromatic rings. The lowest BCUT2D eigenvalue weighted by Gasteiger charge is -2.23. The molecular formula is C28H23N3O4. The Balaban J connectivity index is 1.57. The molecular weight excluding hydrogens is 442 g/mol. The van der Waals surface area contributed by atoms with E-state index in [0.717, 1.165) is 22.4 Å². The van der Waals surface area contributed by atoms with Crippen molar-refractivity contribution in [3.05, 3.63) is 128 Å². The summed E-state index contributed by atoms with van der Waals surface area (Å²) in [6.07, 6.45) is 7.75. The van der Waals surface area contributed by atoms with Gasteiger partial charge in [-0.15, -0.1) is 0 Å². The lowest BCUT2D eigenvalue weighted by molar-refractivity contribution is -0.385. The van der Waals surface area contributed by atoms with Crippen LogP contribution in [0.2, 0.25) is 0 Å². The number of nitrogens with zero attached hydrogens (tertiary/aromatic N) is 3. The van der Waals surface area contributed by atoms with Crippen molar-refractivity contribution < 1.29 is 9.85 Å². The number of allylic oxidation sites excluding steroid dienone is 5. The summed E-state index contributed by atoms with van der Waals surface area (Å²) in [7, 11) is 2.05. The number of nitro groups is 2. The molecule has 35 heavy (non-hydrogen) atoms. The number of rotatable bonds is 4. The van der Waals surface area contributed by atoms with Crippen molar-refractivity contribution in [2.45, 2.75) is 19.3 Å². The van der Waals surface area contributed by atoms with Crippen LogP contribution in [0.15, 0.2) is 90.7 Å². The minimum absolute atomic E-state index is 0.0184. The van der Waals surface area contributed by atoms with Gasteiger partial charge in [0.25, 0.3) is 11.4 Å². The summed E-state index contributed by atoms with van der Waals surface area (Å²) in [6.45, 7) is 4.38. The first-order chi connectivity index (χ1) is 16.7. The van der Waals surface area contributed by atoms with Crippen molar-refractivity contribution in [2.24, 2.45) is 0 Å². The highest BCUT2D eigenvalue weighted by molar-refractivity contribution is 6.02. The fourth-order valence-corrected chi connectivity index (χ4v) is 5.13. The molecule has 7 heteroatoms. The van der Waals surface area contributed by atoms with Crippen LogP contribution in [0.25, 0.3) is 16.7 Å². The van der Waals surface area contributed by atoms with Gasteiger partial charge in [0.2, 0.25) is 0 Å². The Morgan fingerprint density at radius 1 is 0.771 bits per heavy atom. The van der Waals surface area contributed by atoms with Gasteiger partial charge >= 0.3 is 0 Å². The summed E-state index contributed by atoms with van der Waals surface area (Å²) in [5, 5.41) is 22.8. The Labute approximate surface area is 202 Å². The van der Waals surface area contributed by atoms with Crippen LogP contribution in [0.4, 0.5) is 17.1 Å². The van der Waals surface area contributed by atoms with Gasteiger partial charge < -0.3 is 4.90 Å². The second-order valence-electron chi connectivity index (χ2n) is 9.19. The Hall–Kier alpha value is -4.52. The highest BCUT2D eigenvalue weighted by atomic mass is 16.6. The Morgan fingerprint density at radius 2 is 1.31 bits per heavy atom. The number of benzene rings is 3. The predicted octanol–water partition coefficient (Wildman–Crippen LogP) is 6.78. The summed E-state index contributed by atoms with van der Waals surface area (Å²) in [4.78, 5) is 24.1. The van der Waals surface area contributed by atoms with E-state index in [0.29, 0.717) is 11.1 Å². The monoisotopic (exact) mass is 465 g/mol. The van der Waals surface area contributed by atoms with Gasteiger partial charge in [-0.1, -0.05) is 50.3 Å². The molecule has 5 rings (SSSR count). The van der Waals surface area contributed by atoms with E-state index in [9.17, 15) is 20.2 Å². The minimum Gasteiger partial charge on any atom is -0.347 e. The molecule has 0 spiro atoms. The molecule has 174 valence electrons. The topological polar surface area (TPSA) is 89.5 Å². The average molecular weight is 466 g/mol. The van der Waals surface area contributed by atoms with Gasteiger partial charge in [0.05, 0.1) is 9.85 Å². The number of para-hydroxylation sites is 1. The molecule has 0 atom stereocenters. The lowest BCUT2D eigenvalue weighted by Crippen LogP contribution is -2.22. The molecule has 7 nitrogen and oxygen atoms in total. The fraction of sp³-hybridized carbons (Fsp3) is 0.143. The molecule has 0 bridgehead atoms. The number of nitro benzene ring substituents is 2. The minimum atomic E-state index is -0.431. The highest BCUT2D eigenvalue weighted by Crippen LogP contribution is 2.48. The van der Waals surface area contributed by atoms with Gasteiger partial charge in [0.1, 0.15) is 0 Å². The van der Waals surface area contributed by atoms with Crippen molar-refractivity contribution in [2.75, 3.05) is 11.9 Å². The van der Waals surface area contributed by atoms with E-state index in [1.54, 1.807) is 12.1 Å². The van der Waals surface area contributed by atoms with Gasteiger partial charge in [-0.3, -0.25) is 20.2 Å². The maximum absolute atomic E-state index is 11.4. The lowest BCUT2D eigenvalue weighted by atomic mass is 9.84. The molecule has 0 N–H and O–H groups in total. The second kappa shape index (κ2) is 8.06. The van der Waals surface area contributed by atoms with Crippen LogP contribution in [0.1, 0.15) is 30.5 Å². The molecule has 1 aliphatic heterocycles.